The molecule has 0 aliphatic rings. The maximum atomic E-state index is 4.44. The highest BCUT2D eigenvalue weighted by Crippen LogP contribution is 1.87. The van der Waals surface area contributed by atoms with E-state index in [0.717, 1.165) is 26.1 Å². The molecule has 6 nitrogen and oxygen atoms in total. The Hall–Kier alpha value is -1.43. The molecule has 0 fully saturated rings. The van der Waals surface area contributed by atoms with Crippen molar-refractivity contribution in [3.63, 3.8) is 0 Å². The van der Waals surface area contributed by atoms with Crippen LogP contribution in [0.25, 0.3) is 0 Å². The van der Waals surface area contributed by atoms with Crippen LogP contribution in [0.3, 0.4) is 0 Å². The zero-order valence-electron chi connectivity index (χ0n) is 10.2. The second kappa shape index (κ2) is 6.95. The van der Waals surface area contributed by atoms with Gasteiger partial charge in [-0.25, -0.2) is 4.99 Å². The molecule has 6 heteroatoms. The van der Waals surface area contributed by atoms with Gasteiger partial charge in [0.1, 0.15) is 0 Å². The van der Waals surface area contributed by atoms with Crippen LogP contribution in [-0.4, -0.2) is 59.6 Å². The van der Waals surface area contributed by atoms with E-state index in [0.29, 0.717) is 5.96 Å². The predicted molar refractivity (Wildman–Crippen MR) is 64.6 cm³/mol. The van der Waals surface area contributed by atoms with Crippen LogP contribution in [0.2, 0.25) is 0 Å². The van der Waals surface area contributed by atoms with Crippen molar-refractivity contribution in [2.45, 2.75) is 13.3 Å². The minimum atomic E-state index is 0.714. The molecule has 16 heavy (non-hydrogen) atoms. The smallest absolute Gasteiger partial charge is 0.237 e. The summed E-state index contributed by atoms with van der Waals surface area (Å²) in [4.78, 5) is 8.11. The number of aromatic nitrogens is 3. The molecule has 0 aromatic carbocycles. The molecule has 1 aromatic heterocycles. The lowest BCUT2D eigenvalue weighted by Gasteiger charge is -2.09. The molecule has 0 radical (unpaired) electrons. The van der Waals surface area contributed by atoms with Crippen molar-refractivity contribution in [3.8, 4) is 0 Å². The number of hydrogen-bond donors (Lipinski definition) is 1. The summed E-state index contributed by atoms with van der Waals surface area (Å²) < 4.78 is 0. The van der Waals surface area contributed by atoms with E-state index in [4.69, 9.17) is 0 Å². The van der Waals surface area contributed by atoms with Crippen LogP contribution >= 0.6 is 0 Å². The lowest BCUT2D eigenvalue weighted by atomic mass is 10.4. The summed E-state index contributed by atoms with van der Waals surface area (Å²) in [6.45, 7) is 4.66. The van der Waals surface area contributed by atoms with Crippen molar-refractivity contribution < 1.29 is 0 Å². The second-order valence-electron chi connectivity index (χ2n) is 3.71. The molecule has 1 N–H and O–H groups in total. The van der Waals surface area contributed by atoms with Gasteiger partial charge in [-0.3, -0.25) is 0 Å². The fraction of sp³-hybridized carbons (Fsp3) is 0.700. The fourth-order valence-electron chi connectivity index (χ4n) is 1.24. The molecular weight excluding hydrogens is 204 g/mol. The maximum Gasteiger partial charge on any atom is 0.237 e. The summed E-state index contributed by atoms with van der Waals surface area (Å²) in [7, 11) is 4.12. The van der Waals surface area contributed by atoms with Crippen LogP contribution < -0.4 is 5.32 Å². The van der Waals surface area contributed by atoms with Gasteiger partial charge in [0.15, 0.2) is 0 Å². The van der Waals surface area contributed by atoms with Crippen molar-refractivity contribution in [2.75, 3.05) is 33.7 Å². The van der Waals surface area contributed by atoms with Crippen molar-refractivity contribution >= 4 is 5.96 Å². The van der Waals surface area contributed by atoms with Crippen LogP contribution in [0.5, 0.6) is 0 Å². The van der Waals surface area contributed by atoms with Crippen molar-refractivity contribution in [2.24, 2.45) is 4.99 Å². The summed E-state index contributed by atoms with van der Waals surface area (Å²) in [5.74, 6) is 0.714. The minimum Gasteiger partial charge on any atom is -0.354 e. The minimum absolute atomic E-state index is 0.714. The molecule has 0 amide bonds. The highest BCUT2D eigenvalue weighted by atomic mass is 15.5. The van der Waals surface area contributed by atoms with E-state index >= 15 is 0 Å². The Balaban J connectivity index is 2.47. The zero-order chi connectivity index (χ0) is 11.8. The number of nitrogens with one attached hydrogen (secondary N) is 1. The van der Waals surface area contributed by atoms with E-state index in [1.807, 2.05) is 6.92 Å². The second-order valence-corrected chi connectivity index (χ2v) is 3.71. The monoisotopic (exact) mass is 224 g/mol. The third-order valence-electron chi connectivity index (χ3n) is 1.97. The SMILES string of the molecule is CCNC(=NCCCN(C)C)n1nccn1. The van der Waals surface area contributed by atoms with Gasteiger partial charge in [-0.15, -0.1) is 4.80 Å². The van der Waals surface area contributed by atoms with Gasteiger partial charge in [0.05, 0.1) is 12.4 Å². The number of nitrogens with zero attached hydrogens (tertiary/aromatic N) is 5. The van der Waals surface area contributed by atoms with Crippen LogP contribution in [-0.2, 0) is 0 Å². The van der Waals surface area contributed by atoms with Crippen molar-refractivity contribution in [1.29, 1.82) is 0 Å². The molecule has 90 valence electrons. The van der Waals surface area contributed by atoms with Gasteiger partial charge in [-0.1, -0.05) is 0 Å². The average Bonchev–Trinajstić information content (AvgIpc) is 2.75. The Morgan fingerprint density at radius 2 is 2.06 bits per heavy atom. The first kappa shape index (κ1) is 12.6. The van der Waals surface area contributed by atoms with Crippen LogP contribution in [0, 0.1) is 0 Å². The Kier molecular flexibility index (Phi) is 5.49. The molecular formula is C10H20N6. The quantitative estimate of drug-likeness (QED) is 0.436. The summed E-state index contributed by atoms with van der Waals surface area (Å²) in [5, 5.41) is 11.2. The van der Waals surface area contributed by atoms with Gasteiger partial charge < -0.3 is 10.2 Å². The lowest BCUT2D eigenvalue weighted by molar-refractivity contribution is 0.403. The molecule has 0 saturated heterocycles. The molecule has 0 aliphatic heterocycles. The van der Waals surface area contributed by atoms with E-state index in [-0.39, 0.29) is 0 Å². The molecule has 1 aromatic rings. The largest absolute Gasteiger partial charge is 0.354 e. The Morgan fingerprint density at radius 3 is 2.62 bits per heavy atom. The first-order valence-electron chi connectivity index (χ1n) is 5.53. The molecule has 0 aliphatic carbocycles. The van der Waals surface area contributed by atoms with Crippen LogP contribution in [0.1, 0.15) is 13.3 Å². The van der Waals surface area contributed by atoms with Gasteiger partial charge in [0.25, 0.3) is 0 Å². The highest BCUT2D eigenvalue weighted by molar-refractivity contribution is 5.80. The normalized spacial score (nSPS) is 12.1. The van der Waals surface area contributed by atoms with E-state index in [2.05, 4.69) is 39.5 Å². The third-order valence-corrected chi connectivity index (χ3v) is 1.97. The molecule has 0 unspecified atom stereocenters. The molecule has 0 bridgehead atoms. The zero-order valence-corrected chi connectivity index (χ0v) is 10.2. The summed E-state index contributed by atoms with van der Waals surface area (Å²) in [6, 6.07) is 0. The Morgan fingerprint density at radius 1 is 1.38 bits per heavy atom. The maximum absolute atomic E-state index is 4.44. The molecule has 0 saturated carbocycles. The van der Waals surface area contributed by atoms with Gasteiger partial charge >= 0.3 is 0 Å². The highest BCUT2D eigenvalue weighted by Gasteiger charge is 2.01. The third kappa shape index (κ3) is 4.39. The van der Waals surface area contributed by atoms with E-state index in [1.54, 1.807) is 12.4 Å². The van der Waals surface area contributed by atoms with Gasteiger partial charge in [-0.2, -0.15) is 10.2 Å². The topological polar surface area (TPSA) is 58.3 Å². The first-order valence-corrected chi connectivity index (χ1v) is 5.53. The Bertz CT molecular complexity index is 303. The van der Waals surface area contributed by atoms with Crippen molar-refractivity contribution in [1.82, 2.24) is 25.2 Å². The van der Waals surface area contributed by atoms with E-state index in [9.17, 15) is 0 Å². The van der Waals surface area contributed by atoms with Gasteiger partial charge in [0.2, 0.25) is 5.96 Å². The number of rotatable bonds is 5. The van der Waals surface area contributed by atoms with E-state index < -0.39 is 0 Å². The predicted octanol–water partition coefficient (Wildman–Crippen LogP) is 0.0434. The van der Waals surface area contributed by atoms with Crippen LogP contribution in [0.15, 0.2) is 17.4 Å². The number of hydrogen-bond acceptors (Lipinski definition) is 4. The van der Waals surface area contributed by atoms with Gasteiger partial charge in [-0.05, 0) is 34.0 Å². The average molecular weight is 224 g/mol. The van der Waals surface area contributed by atoms with Crippen molar-refractivity contribution in [3.05, 3.63) is 12.4 Å². The summed E-state index contributed by atoms with van der Waals surface area (Å²) in [6.07, 6.45) is 4.32. The Labute approximate surface area is 96.4 Å². The van der Waals surface area contributed by atoms with Crippen LogP contribution in [0.4, 0.5) is 0 Å². The molecule has 0 atom stereocenters. The number of aliphatic imine (C=N–C) groups is 1. The molecule has 1 rings (SSSR count). The van der Waals surface area contributed by atoms with Gasteiger partial charge in [0, 0.05) is 13.1 Å². The van der Waals surface area contributed by atoms with E-state index in [1.165, 1.54) is 4.80 Å². The molecule has 1 heterocycles. The first-order chi connectivity index (χ1) is 7.74. The lowest BCUT2D eigenvalue weighted by Crippen LogP contribution is -2.32. The fourth-order valence-corrected chi connectivity index (χ4v) is 1.24. The standard InChI is InChI=1S/C10H20N6/c1-4-11-10(16-13-7-8-14-16)12-6-5-9-15(2)3/h7-8H,4-6,9H2,1-3H3,(H,11,12). The summed E-state index contributed by atoms with van der Waals surface area (Å²) >= 11 is 0. The summed E-state index contributed by atoms with van der Waals surface area (Å²) in [5.41, 5.74) is 0. The molecule has 0 spiro atoms.